The summed E-state index contributed by atoms with van der Waals surface area (Å²) in [6.07, 6.45) is 0. The van der Waals surface area contributed by atoms with Gasteiger partial charge in [-0.1, -0.05) is 23.7 Å². The molecule has 0 heterocycles. The van der Waals surface area contributed by atoms with Gasteiger partial charge in [-0.2, -0.15) is 0 Å². The highest BCUT2D eigenvalue weighted by atomic mass is 35.5. The van der Waals surface area contributed by atoms with Crippen LogP contribution in [0.4, 0.5) is 15.8 Å². The van der Waals surface area contributed by atoms with Crippen LogP contribution in [0.1, 0.15) is 10.4 Å². The van der Waals surface area contributed by atoms with Gasteiger partial charge < -0.3 is 10.1 Å². The van der Waals surface area contributed by atoms with E-state index in [9.17, 15) is 17.6 Å². The average molecular weight is 435 g/mol. The molecule has 9 heteroatoms. The number of nitrogens with one attached hydrogen (secondary N) is 2. The molecule has 0 aliphatic heterocycles. The Hall–Kier alpha value is -3.10. The van der Waals surface area contributed by atoms with Crippen molar-refractivity contribution in [2.24, 2.45) is 0 Å². The number of sulfonamides is 1. The molecule has 0 saturated carbocycles. The SMILES string of the molecule is COc1ccccc1NS(=O)(=O)c1ccc(NC(=O)c2ccc(Cl)cc2)c(F)c1. The van der Waals surface area contributed by atoms with E-state index in [1.54, 1.807) is 18.2 Å². The topological polar surface area (TPSA) is 84.5 Å². The van der Waals surface area contributed by atoms with Gasteiger partial charge in [-0.25, -0.2) is 12.8 Å². The van der Waals surface area contributed by atoms with Gasteiger partial charge in [0.15, 0.2) is 0 Å². The Labute approximate surface area is 172 Å². The second kappa shape index (κ2) is 8.50. The highest BCUT2D eigenvalue weighted by Crippen LogP contribution is 2.27. The summed E-state index contributed by atoms with van der Waals surface area (Å²) in [6, 6.07) is 15.7. The van der Waals surface area contributed by atoms with Crippen LogP contribution in [0.25, 0.3) is 0 Å². The average Bonchev–Trinajstić information content (AvgIpc) is 2.70. The molecule has 0 radical (unpaired) electrons. The number of halogens is 2. The lowest BCUT2D eigenvalue weighted by Crippen LogP contribution is -2.16. The molecule has 2 N–H and O–H groups in total. The van der Waals surface area contributed by atoms with E-state index in [4.69, 9.17) is 16.3 Å². The number of benzene rings is 3. The third-order valence-corrected chi connectivity index (χ3v) is 5.57. The number of hydrogen-bond donors (Lipinski definition) is 2. The Balaban J connectivity index is 1.81. The van der Waals surface area contributed by atoms with Crippen molar-refractivity contribution in [3.05, 3.63) is 83.1 Å². The van der Waals surface area contributed by atoms with Gasteiger partial charge in [-0.3, -0.25) is 9.52 Å². The summed E-state index contributed by atoms with van der Waals surface area (Å²) in [7, 11) is -2.66. The van der Waals surface area contributed by atoms with Crippen molar-refractivity contribution >= 4 is 38.9 Å². The van der Waals surface area contributed by atoms with Crippen LogP contribution in [0.5, 0.6) is 5.75 Å². The summed E-state index contributed by atoms with van der Waals surface area (Å²) < 4.78 is 47.1. The molecule has 0 spiro atoms. The molecule has 0 aliphatic rings. The van der Waals surface area contributed by atoms with Crippen LogP contribution in [0, 0.1) is 5.82 Å². The highest BCUT2D eigenvalue weighted by Gasteiger charge is 2.19. The molecule has 0 atom stereocenters. The molecule has 0 bridgehead atoms. The molecule has 3 aromatic carbocycles. The molecule has 0 saturated heterocycles. The van der Waals surface area contributed by atoms with Crippen molar-refractivity contribution in [1.82, 2.24) is 0 Å². The van der Waals surface area contributed by atoms with E-state index in [0.29, 0.717) is 10.8 Å². The summed E-state index contributed by atoms with van der Waals surface area (Å²) in [6.45, 7) is 0. The van der Waals surface area contributed by atoms with Crippen LogP contribution in [0.3, 0.4) is 0 Å². The molecule has 0 unspecified atom stereocenters. The van der Waals surface area contributed by atoms with Crippen molar-refractivity contribution < 1.29 is 22.3 Å². The van der Waals surface area contributed by atoms with Crippen LogP contribution in [0.15, 0.2) is 71.6 Å². The third kappa shape index (κ3) is 4.85. The molecule has 3 rings (SSSR count). The van der Waals surface area contributed by atoms with Crippen LogP contribution < -0.4 is 14.8 Å². The van der Waals surface area contributed by atoms with Crippen LogP contribution in [-0.2, 0) is 10.0 Å². The fourth-order valence-corrected chi connectivity index (χ4v) is 3.70. The summed E-state index contributed by atoms with van der Waals surface area (Å²) in [5.41, 5.74) is 0.347. The zero-order valence-corrected chi connectivity index (χ0v) is 16.7. The van der Waals surface area contributed by atoms with E-state index in [-0.39, 0.29) is 21.8 Å². The van der Waals surface area contributed by atoms with Gasteiger partial charge in [0, 0.05) is 10.6 Å². The minimum absolute atomic E-state index is 0.152. The van der Waals surface area contributed by atoms with E-state index in [1.807, 2.05) is 0 Å². The fraction of sp³-hybridized carbons (Fsp3) is 0.0500. The number of carbonyl (C=O) groups is 1. The zero-order chi connectivity index (χ0) is 21.0. The van der Waals surface area contributed by atoms with Crippen molar-refractivity contribution in [3.8, 4) is 5.75 Å². The van der Waals surface area contributed by atoms with Crippen molar-refractivity contribution in [2.75, 3.05) is 17.1 Å². The molecular formula is C20H16ClFN2O4S. The number of anilines is 2. The zero-order valence-electron chi connectivity index (χ0n) is 15.1. The predicted octanol–water partition coefficient (Wildman–Crippen LogP) is 4.54. The number of para-hydroxylation sites is 2. The summed E-state index contributed by atoms with van der Waals surface area (Å²) in [5, 5.41) is 2.86. The van der Waals surface area contributed by atoms with E-state index in [2.05, 4.69) is 10.0 Å². The summed E-state index contributed by atoms with van der Waals surface area (Å²) in [4.78, 5) is 11.9. The molecule has 0 aromatic heterocycles. The molecule has 1 amide bonds. The smallest absolute Gasteiger partial charge is 0.262 e. The van der Waals surface area contributed by atoms with Gasteiger partial charge in [0.25, 0.3) is 15.9 Å². The Kier molecular flexibility index (Phi) is 6.05. The van der Waals surface area contributed by atoms with Crippen LogP contribution in [-0.4, -0.2) is 21.4 Å². The first kappa shape index (κ1) is 20.6. The predicted molar refractivity (Wildman–Crippen MR) is 110 cm³/mol. The largest absolute Gasteiger partial charge is 0.495 e. The first-order valence-corrected chi connectivity index (χ1v) is 10.2. The van der Waals surface area contributed by atoms with Crippen LogP contribution >= 0.6 is 11.6 Å². The number of amides is 1. The maximum Gasteiger partial charge on any atom is 0.262 e. The first-order chi connectivity index (χ1) is 13.8. The number of ether oxygens (including phenoxy) is 1. The lowest BCUT2D eigenvalue weighted by molar-refractivity contribution is 0.102. The molecule has 29 heavy (non-hydrogen) atoms. The standard InChI is InChI=1S/C20H16ClFN2O4S/c1-28-19-5-3-2-4-18(19)24-29(26,27)15-10-11-17(16(22)12-15)23-20(25)13-6-8-14(21)9-7-13/h2-12,24H,1H3,(H,23,25). The monoisotopic (exact) mass is 434 g/mol. The van der Waals surface area contributed by atoms with E-state index >= 15 is 0 Å². The minimum Gasteiger partial charge on any atom is -0.495 e. The second-order valence-electron chi connectivity index (χ2n) is 5.91. The molecule has 0 fully saturated rings. The Bertz CT molecular complexity index is 1150. The van der Waals surface area contributed by atoms with Gasteiger partial charge >= 0.3 is 0 Å². The highest BCUT2D eigenvalue weighted by molar-refractivity contribution is 7.92. The second-order valence-corrected chi connectivity index (χ2v) is 8.03. The van der Waals surface area contributed by atoms with Gasteiger partial charge in [0.05, 0.1) is 23.4 Å². The van der Waals surface area contributed by atoms with Crippen molar-refractivity contribution in [3.63, 3.8) is 0 Å². The van der Waals surface area contributed by atoms with E-state index in [1.165, 1.54) is 49.6 Å². The van der Waals surface area contributed by atoms with Crippen molar-refractivity contribution in [2.45, 2.75) is 4.90 Å². The number of methoxy groups -OCH3 is 1. The van der Waals surface area contributed by atoms with E-state index < -0.39 is 21.7 Å². The number of hydrogen-bond acceptors (Lipinski definition) is 4. The first-order valence-electron chi connectivity index (χ1n) is 8.32. The molecule has 0 aliphatic carbocycles. The maximum atomic E-state index is 14.5. The van der Waals surface area contributed by atoms with Crippen molar-refractivity contribution in [1.29, 1.82) is 0 Å². The maximum absolute atomic E-state index is 14.5. The molecular weight excluding hydrogens is 419 g/mol. The van der Waals surface area contributed by atoms with Gasteiger partial charge in [0.1, 0.15) is 11.6 Å². The number of rotatable bonds is 6. The van der Waals surface area contributed by atoms with Gasteiger partial charge in [-0.15, -0.1) is 0 Å². The Morgan fingerprint density at radius 2 is 1.69 bits per heavy atom. The summed E-state index contributed by atoms with van der Waals surface area (Å²) >= 11 is 5.78. The summed E-state index contributed by atoms with van der Waals surface area (Å²) in [5.74, 6) is -1.12. The molecule has 6 nitrogen and oxygen atoms in total. The minimum atomic E-state index is -4.07. The molecule has 150 valence electrons. The lowest BCUT2D eigenvalue weighted by atomic mass is 10.2. The Morgan fingerprint density at radius 1 is 1.00 bits per heavy atom. The lowest BCUT2D eigenvalue weighted by Gasteiger charge is -2.13. The number of carbonyl (C=O) groups excluding carboxylic acids is 1. The Morgan fingerprint density at radius 3 is 2.34 bits per heavy atom. The van der Waals surface area contributed by atoms with Gasteiger partial charge in [0.2, 0.25) is 0 Å². The van der Waals surface area contributed by atoms with Gasteiger partial charge in [-0.05, 0) is 54.6 Å². The normalized spacial score (nSPS) is 11.0. The fourth-order valence-electron chi connectivity index (χ4n) is 2.49. The quantitative estimate of drug-likeness (QED) is 0.596. The van der Waals surface area contributed by atoms with E-state index in [0.717, 1.165) is 6.07 Å². The van der Waals surface area contributed by atoms with Crippen LogP contribution in [0.2, 0.25) is 5.02 Å². The third-order valence-electron chi connectivity index (χ3n) is 3.96. The molecule has 3 aromatic rings.